The van der Waals surface area contributed by atoms with E-state index in [1.165, 1.54) is 5.56 Å². The number of cyclic esters (lactones) is 1. The van der Waals surface area contributed by atoms with Crippen LogP contribution in [0.1, 0.15) is 49.1 Å². The van der Waals surface area contributed by atoms with Gasteiger partial charge in [-0.15, -0.1) is 0 Å². The topological polar surface area (TPSA) is 70.4 Å². The summed E-state index contributed by atoms with van der Waals surface area (Å²) in [6.45, 7) is 6.31. The van der Waals surface area contributed by atoms with Crippen LogP contribution in [0.15, 0.2) is 35.1 Å². The molecule has 0 radical (unpaired) electrons. The summed E-state index contributed by atoms with van der Waals surface area (Å²) in [4.78, 5) is 30.5. The van der Waals surface area contributed by atoms with Crippen LogP contribution in [-0.4, -0.2) is 21.6 Å². The highest BCUT2D eigenvalue weighted by Crippen LogP contribution is 2.38. The van der Waals surface area contributed by atoms with Gasteiger partial charge in [0.15, 0.2) is 6.10 Å². The molecule has 0 aliphatic carbocycles. The molecule has 6 heteroatoms. The molecule has 0 fully saturated rings. The third-order valence-electron chi connectivity index (χ3n) is 5.72. The number of esters is 1. The van der Waals surface area contributed by atoms with E-state index in [1.54, 1.807) is 4.57 Å². The minimum absolute atomic E-state index is 0.0163. The molecule has 29 heavy (non-hydrogen) atoms. The van der Waals surface area contributed by atoms with E-state index in [4.69, 9.17) is 14.5 Å². The van der Waals surface area contributed by atoms with E-state index in [1.807, 2.05) is 38.1 Å². The lowest BCUT2D eigenvalue weighted by Crippen LogP contribution is -2.34. The molecule has 6 nitrogen and oxygen atoms in total. The van der Waals surface area contributed by atoms with Gasteiger partial charge in [0, 0.05) is 16.5 Å². The number of benzene rings is 1. The Morgan fingerprint density at radius 1 is 1.24 bits per heavy atom. The van der Waals surface area contributed by atoms with Gasteiger partial charge in [0.25, 0.3) is 5.56 Å². The molecule has 0 amide bonds. The Hall–Kier alpha value is -2.99. The fourth-order valence-corrected chi connectivity index (χ4v) is 4.45. The first-order valence-electron chi connectivity index (χ1n) is 9.99. The Bertz CT molecular complexity index is 1230. The summed E-state index contributed by atoms with van der Waals surface area (Å²) in [5, 5.41) is 1.12. The van der Waals surface area contributed by atoms with Gasteiger partial charge in [-0.25, -0.2) is 9.78 Å². The highest BCUT2D eigenvalue weighted by atomic mass is 16.6. The molecule has 5 rings (SSSR count). The number of pyridine rings is 2. The maximum absolute atomic E-state index is 13.3. The lowest BCUT2D eigenvalue weighted by Gasteiger charge is -2.26. The predicted molar refractivity (Wildman–Crippen MR) is 109 cm³/mol. The zero-order valence-corrected chi connectivity index (χ0v) is 16.7. The van der Waals surface area contributed by atoms with Crippen molar-refractivity contribution in [2.45, 2.75) is 52.6 Å². The Morgan fingerprint density at radius 3 is 2.79 bits per heavy atom. The molecule has 148 valence electrons. The number of carbonyl (C=O) groups is 1. The molecule has 3 aromatic rings. The minimum Gasteiger partial charge on any atom is -0.458 e. The highest BCUT2D eigenvalue weighted by molar-refractivity contribution is 5.88. The summed E-state index contributed by atoms with van der Waals surface area (Å²) in [5.74, 6) is -0.450. The van der Waals surface area contributed by atoms with Crippen LogP contribution in [0, 0.1) is 0 Å². The standard InChI is InChI=1S/C23H22N2O4/c1-4-13-14-7-5-6-8-18(14)24-20-16(13)10-25-19(20)9-15-17(22(25)26)11-28-23(27)21(15)29-12(2)3/h5-9,12,21H,4,10-11H2,1-3H3. The van der Waals surface area contributed by atoms with E-state index in [0.29, 0.717) is 17.7 Å². The van der Waals surface area contributed by atoms with Gasteiger partial charge < -0.3 is 14.0 Å². The summed E-state index contributed by atoms with van der Waals surface area (Å²) in [5.41, 5.74) is 5.75. The Morgan fingerprint density at radius 2 is 2.03 bits per heavy atom. The van der Waals surface area contributed by atoms with Crippen LogP contribution in [0.25, 0.3) is 22.3 Å². The van der Waals surface area contributed by atoms with Crippen LogP contribution in [0.4, 0.5) is 0 Å². The third-order valence-corrected chi connectivity index (χ3v) is 5.72. The molecule has 2 aliphatic rings. The number of fused-ring (bicyclic) bond motifs is 5. The molecule has 2 aromatic heterocycles. The normalized spacial score (nSPS) is 17.2. The zero-order chi connectivity index (χ0) is 20.3. The number of nitrogens with zero attached hydrogens (tertiary/aromatic N) is 2. The molecule has 2 aliphatic heterocycles. The van der Waals surface area contributed by atoms with Crippen LogP contribution in [0.2, 0.25) is 0 Å². The molecule has 1 atom stereocenters. The van der Waals surface area contributed by atoms with Crippen molar-refractivity contribution in [1.82, 2.24) is 9.55 Å². The number of hydrogen-bond donors (Lipinski definition) is 0. The van der Waals surface area contributed by atoms with Gasteiger partial charge in [-0.05, 0) is 38.0 Å². The molecule has 0 spiro atoms. The highest BCUT2D eigenvalue weighted by Gasteiger charge is 2.36. The van der Waals surface area contributed by atoms with E-state index in [-0.39, 0.29) is 18.3 Å². The minimum atomic E-state index is -0.882. The number of rotatable bonds is 3. The van der Waals surface area contributed by atoms with E-state index in [9.17, 15) is 9.59 Å². The smallest absolute Gasteiger partial charge is 0.340 e. The summed E-state index contributed by atoms with van der Waals surface area (Å²) >= 11 is 0. The van der Waals surface area contributed by atoms with Gasteiger partial charge in [0.1, 0.15) is 6.61 Å². The largest absolute Gasteiger partial charge is 0.458 e. The first-order chi connectivity index (χ1) is 14.0. The van der Waals surface area contributed by atoms with Gasteiger partial charge in [-0.1, -0.05) is 25.1 Å². The van der Waals surface area contributed by atoms with Crippen molar-refractivity contribution in [3.63, 3.8) is 0 Å². The van der Waals surface area contributed by atoms with Crippen LogP contribution >= 0.6 is 0 Å². The van der Waals surface area contributed by atoms with Crippen LogP contribution < -0.4 is 5.56 Å². The molecular formula is C23H22N2O4. The number of ether oxygens (including phenoxy) is 2. The maximum atomic E-state index is 13.3. The number of aromatic nitrogens is 2. The van der Waals surface area contributed by atoms with Gasteiger partial charge in [0.05, 0.1) is 35.1 Å². The zero-order valence-electron chi connectivity index (χ0n) is 16.7. The number of aryl methyl sites for hydroxylation is 1. The SMILES string of the molecule is CCc1c2c(nc3ccccc13)-c1cc3c(c(=O)n1C2)COC(=O)C3OC(C)C. The third kappa shape index (κ3) is 2.63. The average Bonchev–Trinajstić information content (AvgIpc) is 3.07. The van der Waals surface area contributed by atoms with Crippen molar-refractivity contribution in [3.05, 3.63) is 62.9 Å². The lowest BCUT2D eigenvalue weighted by atomic mass is 9.97. The van der Waals surface area contributed by atoms with Crippen molar-refractivity contribution >= 4 is 16.9 Å². The first kappa shape index (κ1) is 18.1. The summed E-state index contributed by atoms with van der Waals surface area (Å²) in [6.07, 6.45) is -0.197. The van der Waals surface area contributed by atoms with Gasteiger partial charge >= 0.3 is 5.97 Å². The number of para-hydroxylation sites is 1. The number of carbonyl (C=O) groups excluding carboxylic acids is 1. The van der Waals surface area contributed by atoms with Crippen molar-refractivity contribution in [2.24, 2.45) is 0 Å². The van der Waals surface area contributed by atoms with E-state index in [0.717, 1.165) is 34.3 Å². The summed E-state index contributed by atoms with van der Waals surface area (Å²) in [6, 6.07) is 9.96. The molecule has 0 bridgehead atoms. The van der Waals surface area contributed by atoms with Gasteiger partial charge in [-0.3, -0.25) is 4.79 Å². The van der Waals surface area contributed by atoms with Crippen molar-refractivity contribution in [2.75, 3.05) is 0 Å². The second-order valence-electron chi connectivity index (χ2n) is 7.82. The maximum Gasteiger partial charge on any atom is 0.340 e. The lowest BCUT2D eigenvalue weighted by molar-refractivity contribution is -0.165. The molecule has 4 heterocycles. The van der Waals surface area contributed by atoms with Crippen LogP contribution in [0.5, 0.6) is 0 Å². The van der Waals surface area contributed by atoms with Crippen molar-refractivity contribution < 1.29 is 14.3 Å². The monoisotopic (exact) mass is 390 g/mol. The van der Waals surface area contributed by atoms with Crippen molar-refractivity contribution in [3.8, 4) is 11.4 Å². The second-order valence-corrected chi connectivity index (χ2v) is 7.82. The van der Waals surface area contributed by atoms with Crippen LogP contribution in [0.3, 0.4) is 0 Å². The van der Waals surface area contributed by atoms with Crippen LogP contribution in [-0.2, 0) is 33.8 Å². The van der Waals surface area contributed by atoms with E-state index >= 15 is 0 Å². The average molecular weight is 390 g/mol. The quantitative estimate of drug-likeness (QED) is 0.501. The van der Waals surface area contributed by atoms with Crippen molar-refractivity contribution in [1.29, 1.82) is 0 Å². The molecule has 0 saturated carbocycles. The predicted octanol–water partition coefficient (Wildman–Crippen LogP) is 3.51. The molecule has 0 N–H and O–H groups in total. The number of hydrogen-bond acceptors (Lipinski definition) is 5. The summed E-state index contributed by atoms with van der Waals surface area (Å²) < 4.78 is 12.8. The molecular weight excluding hydrogens is 368 g/mol. The molecule has 1 aromatic carbocycles. The van der Waals surface area contributed by atoms with Gasteiger partial charge in [0.2, 0.25) is 0 Å². The Balaban J connectivity index is 1.77. The Labute approximate surface area is 168 Å². The second kappa shape index (κ2) is 6.52. The molecule has 0 saturated heterocycles. The fraction of sp³-hybridized carbons (Fsp3) is 0.348. The van der Waals surface area contributed by atoms with Gasteiger partial charge in [-0.2, -0.15) is 0 Å². The Kier molecular flexibility index (Phi) is 4.06. The first-order valence-corrected chi connectivity index (χ1v) is 9.99. The summed E-state index contributed by atoms with van der Waals surface area (Å²) in [7, 11) is 0. The van der Waals surface area contributed by atoms with E-state index in [2.05, 4.69) is 13.0 Å². The van der Waals surface area contributed by atoms with E-state index < -0.39 is 12.1 Å². The fourth-order valence-electron chi connectivity index (χ4n) is 4.45. The molecule has 1 unspecified atom stereocenters.